The summed E-state index contributed by atoms with van der Waals surface area (Å²) in [6.07, 6.45) is 1.99. The highest BCUT2D eigenvalue weighted by Gasteiger charge is 2.13. The number of nitrogens with one attached hydrogen (secondary N) is 1. The van der Waals surface area contributed by atoms with E-state index in [1.165, 1.54) is 10.9 Å². The molecule has 0 spiro atoms. The molecule has 2 heterocycles. The third-order valence-electron chi connectivity index (χ3n) is 2.76. The molecule has 0 unspecified atom stereocenters. The minimum absolute atomic E-state index is 0.00534. The van der Waals surface area contributed by atoms with Gasteiger partial charge in [-0.3, -0.25) is 14.3 Å². The van der Waals surface area contributed by atoms with Crippen molar-refractivity contribution in [2.75, 3.05) is 5.32 Å². The molecule has 1 N–H and O–H groups in total. The van der Waals surface area contributed by atoms with Gasteiger partial charge in [-0.25, -0.2) is 4.68 Å². The van der Waals surface area contributed by atoms with Crippen molar-refractivity contribution in [2.45, 2.75) is 20.4 Å². The van der Waals surface area contributed by atoms with Crippen molar-refractivity contribution in [2.24, 2.45) is 7.05 Å². The maximum absolute atomic E-state index is 11.9. The zero-order valence-corrected chi connectivity index (χ0v) is 10.9. The summed E-state index contributed by atoms with van der Waals surface area (Å²) in [6.45, 7) is 3.69. The number of carbonyl (C=O) groups is 2. The van der Waals surface area contributed by atoms with E-state index in [1.54, 1.807) is 4.68 Å². The van der Waals surface area contributed by atoms with E-state index in [4.69, 9.17) is 0 Å². The van der Waals surface area contributed by atoms with Crippen molar-refractivity contribution < 1.29 is 9.59 Å². The number of hydrogen-bond acceptors (Lipinski definition) is 5. The maximum Gasteiger partial charge on any atom is 0.246 e. The Morgan fingerprint density at radius 1 is 1.47 bits per heavy atom. The number of aromatic nitrogens is 5. The molecule has 0 radical (unpaired) electrons. The van der Waals surface area contributed by atoms with Crippen LogP contribution in [0.5, 0.6) is 0 Å². The lowest BCUT2D eigenvalue weighted by molar-refractivity contribution is -0.116. The maximum atomic E-state index is 11.9. The fraction of sp³-hybridized carbons (Fsp3) is 0.364. The van der Waals surface area contributed by atoms with Crippen LogP contribution in [0.4, 0.5) is 5.69 Å². The summed E-state index contributed by atoms with van der Waals surface area (Å²) in [5.74, 6) is -0.249. The van der Waals surface area contributed by atoms with Gasteiger partial charge in [0.1, 0.15) is 12.2 Å². The smallest absolute Gasteiger partial charge is 0.246 e. The van der Waals surface area contributed by atoms with Gasteiger partial charge in [-0.05, 0) is 13.8 Å². The van der Waals surface area contributed by atoms with Gasteiger partial charge in [0.25, 0.3) is 0 Å². The van der Waals surface area contributed by atoms with Crippen molar-refractivity contribution in [1.29, 1.82) is 0 Å². The Morgan fingerprint density at radius 3 is 2.74 bits per heavy atom. The van der Waals surface area contributed by atoms with E-state index in [1.807, 2.05) is 20.9 Å². The quantitative estimate of drug-likeness (QED) is 0.787. The minimum Gasteiger partial charge on any atom is -0.321 e. The Morgan fingerprint density at radius 2 is 2.21 bits per heavy atom. The van der Waals surface area contributed by atoms with Crippen LogP contribution in [0.2, 0.25) is 0 Å². The first-order chi connectivity index (χ1) is 9.01. The molecule has 0 aromatic carbocycles. The summed E-state index contributed by atoms with van der Waals surface area (Å²) in [5.41, 5.74) is 2.52. The molecule has 100 valence electrons. The highest BCUT2D eigenvalue weighted by molar-refractivity contribution is 5.91. The Bertz CT molecular complexity index is 627. The Balaban J connectivity index is 2.07. The summed E-state index contributed by atoms with van der Waals surface area (Å²) in [6, 6.07) is 0. The zero-order valence-electron chi connectivity index (χ0n) is 10.9. The lowest BCUT2D eigenvalue weighted by Crippen LogP contribution is -2.20. The number of aldehydes is 1. The number of nitrogens with zero attached hydrogens (tertiary/aromatic N) is 5. The van der Waals surface area contributed by atoms with E-state index in [0.29, 0.717) is 12.0 Å². The molecule has 0 aliphatic heterocycles. The summed E-state index contributed by atoms with van der Waals surface area (Å²) in [5, 5.41) is 14.2. The van der Waals surface area contributed by atoms with E-state index in [-0.39, 0.29) is 18.1 Å². The van der Waals surface area contributed by atoms with Crippen LogP contribution in [0, 0.1) is 13.8 Å². The van der Waals surface area contributed by atoms with E-state index in [9.17, 15) is 9.59 Å². The summed E-state index contributed by atoms with van der Waals surface area (Å²) < 4.78 is 3.00. The number of carbonyl (C=O) groups excluding carboxylic acids is 2. The lowest BCUT2D eigenvalue weighted by Gasteiger charge is -2.05. The second-order valence-corrected chi connectivity index (χ2v) is 4.18. The molecular weight excluding hydrogens is 248 g/mol. The molecule has 0 saturated carbocycles. The minimum atomic E-state index is -0.249. The van der Waals surface area contributed by atoms with Crippen molar-refractivity contribution in [3.63, 3.8) is 0 Å². The van der Waals surface area contributed by atoms with Gasteiger partial charge in [0.15, 0.2) is 6.29 Å². The molecule has 2 aromatic heterocycles. The molecule has 8 nitrogen and oxygen atoms in total. The third-order valence-corrected chi connectivity index (χ3v) is 2.76. The number of anilines is 1. The van der Waals surface area contributed by atoms with Crippen LogP contribution in [0.3, 0.4) is 0 Å². The van der Waals surface area contributed by atoms with Crippen LogP contribution in [0.25, 0.3) is 0 Å². The van der Waals surface area contributed by atoms with Gasteiger partial charge in [-0.2, -0.15) is 5.10 Å². The normalized spacial score (nSPS) is 10.5. The molecule has 2 aromatic rings. The van der Waals surface area contributed by atoms with Crippen molar-refractivity contribution >= 4 is 17.9 Å². The van der Waals surface area contributed by atoms with Crippen LogP contribution >= 0.6 is 0 Å². The molecule has 0 saturated heterocycles. The molecule has 8 heteroatoms. The Labute approximate surface area is 109 Å². The van der Waals surface area contributed by atoms with E-state index in [2.05, 4.69) is 20.7 Å². The monoisotopic (exact) mass is 262 g/mol. The molecule has 0 aliphatic carbocycles. The average Bonchev–Trinajstić information content (AvgIpc) is 2.90. The van der Waals surface area contributed by atoms with Crippen molar-refractivity contribution in [3.05, 3.63) is 23.3 Å². The van der Waals surface area contributed by atoms with Crippen LogP contribution < -0.4 is 5.32 Å². The van der Waals surface area contributed by atoms with Crippen molar-refractivity contribution in [3.8, 4) is 0 Å². The van der Waals surface area contributed by atoms with Gasteiger partial charge in [-0.1, -0.05) is 5.21 Å². The van der Waals surface area contributed by atoms with E-state index in [0.717, 1.165) is 11.4 Å². The molecular formula is C11H14N6O2. The first-order valence-corrected chi connectivity index (χ1v) is 5.66. The van der Waals surface area contributed by atoms with Gasteiger partial charge in [-0.15, -0.1) is 5.10 Å². The molecule has 0 bridgehead atoms. The fourth-order valence-corrected chi connectivity index (χ4v) is 1.73. The number of rotatable bonds is 4. The van der Waals surface area contributed by atoms with Gasteiger partial charge < -0.3 is 5.32 Å². The van der Waals surface area contributed by atoms with Gasteiger partial charge in [0.2, 0.25) is 5.91 Å². The Kier molecular flexibility index (Phi) is 3.41. The van der Waals surface area contributed by atoms with Crippen molar-refractivity contribution in [1.82, 2.24) is 24.8 Å². The number of hydrogen-bond donors (Lipinski definition) is 1. The first-order valence-electron chi connectivity index (χ1n) is 5.66. The second-order valence-electron chi connectivity index (χ2n) is 4.18. The predicted molar refractivity (Wildman–Crippen MR) is 66.7 cm³/mol. The number of amides is 1. The van der Waals surface area contributed by atoms with Gasteiger partial charge in [0.05, 0.1) is 23.3 Å². The highest BCUT2D eigenvalue weighted by atomic mass is 16.2. The first kappa shape index (κ1) is 12.9. The third kappa shape index (κ3) is 2.67. The average molecular weight is 262 g/mol. The summed E-state index contributed by atoms with van der Waals surface area (Å²) in [4.78, 5) is 22.3. The summed E-state index contributed by atoms with van der Waals surface area (Å²) >= 11 is 0. The molecule has 19 heavy (non-hydrogen) atoms. The van der Waals surface area contributed by atoms with E-state index >= 15 is 0 Å². The van der Waals surface area contributed by atoms with Crippen LogP contribution in [0.15, 0.2) is 6.20 Å². The zero-order chi connectivity index (χ0) is 14.0. The van der Waals surface area contributed by atoms with Crippen LogP contribution in [-0.4, -0.2) is 37.0 Å². The molecule has 1 amide bonds. The predicted octanol–water partition coefficient (Wildman–Crippen LogP) is 0.0796. The van der Waals surface area contributed by atoms with Gasteiger partial charge >= 0.3 is 0 Å². The molecule has 2 rings (SSSR count). The van der Waals surface area contributed by atoms with E-state index < -0.39 is 0 Å². The van der Waals surface area contributed by atoms with Crippen LogP contribution in [0.1, 0.15) is 21.9 Å². The lowest BCUT2D eigenvalue weighted by atomic mass is 10.3. The SMILES string of the molecule is Cc1nn(C)c(C)c1NC(=O)Cn1cc(C=O)nn1. The highest BCUT2D eigenvalue weighted by Crippen LogP contribution is 2.18. The summed E-state index contributed by atoms with van der Waals surface area (Å²) in [7, 11) is 1.81. The fourth-order valence-electron chi connectivity index (χ4n) is 1.73. The molecule has 0 atom stereocenters. The molecule has 0 fully saturated rings. The largest absolute Gasteiger partial charge is 0.321 e. The number of aryl methyl sites for hydroxylation is 2. The van der Waals surface area contributed by atoms with Gasteiger partial charge in [0, 0.05) is 7.05 Å². The molecule has 0 aliphatic rings. The second kappa shape index (κ2) is 5.01. The standard InChI is InChI=1S/C11H14N6O2/c1-7-11(8(2)16(3)14-7)12-10(19)5-17-4-9(6-18)13-15-17/h4,6H,5H2,1-3H3,(H,12,19). The Hall–Kier alpha value is -2.51. The topological polar surface area (TPSA) is 94.7 Å². The van der Waals surface area contributed by atoms with Crippen LogP contribution in [-0.2, 0) is 18.4 Å².